The number of amides is 1. The zero-order valence-corrected chi connectivity index (χ0v) is 24.0. The van der Waals surface area contributed by atoms with Crippen LogP contribution in [0.5, 0.6) is 23.0 Å². The van der Waals surface area contributed by atoms with Crippen LogP contribution in [-0.4, -0.2) is 49.7 Å². The van der Waals surface area contributed by atoms with Crippen LogP contribution in [0.25, 0.3) is 16.0 Å². The summed E-state index contributed by atoms with van der Waals surface area (Å²) in [6.07, 6.45) is 1.86. The maximum Gasteiger partial charge on any atom is 0.301 e. The minimum absolute atomic E-state index is 0.0650. The molecule has 1 amide bonds. The van der Waals surface area contributed by atoms with E-state index in [1.807, 2.05) is 6.07 Å². The second kappa shape index (κ2) is 11.9. The molecule has 4 aromatic rings. The normalized spacial score (nSPS) is 16.3. The van der Waals surface area contributed by atoms with Gasteiger partial charge in [-0.15, -0.1) is 0 Å². The van der Waals surface area contributed by atoms with Crippen molar-refractivity contribution in [2.75, 3.05) is 32.8 Å². The number of carbonyl (C=O) groups is 2. The first kappa shape index (κ1) is 28.0. The third-order valence-electron chi connectivity index (χ3n) is 6.83. The van der Waals surface area contributed by atoms with Crippen molar-refractivity contribution in [2.45, 2.75) is 25.8 Å². The topological polar surface area (TPSA) is 107 Å². The van der Waals surface area contributed by atoms with E-state index in [-0.39, 0.29) is 11.3 Å². The molecule has 0 radical (unpaired) electrons. The number of hydrogen-bond donors (Lipinski definition) is 1. The molecule has 3 aromatic carbocycles. The number of carbonyl (C=O) groups excluding carboxylic acids is 2. The van der Waals surface area contributed by atoms with Gasteiger partial charge in [-0.25, -0.2) is 4.98 Å². The van der Waals surface area contributed by atoms with Gasteiger partial charge in [0.15, 0.2) is 16.6 Å². The fourth-order valence-corrected chi connectivity index (χ4v) is 5.73. The van der Waals surface area contributed by atoms with E-state index in [1.165, 1.54) is 30.5 Å². The average Bonchev–Trinajstić information content (AvgIpc) is 3.53. The van der Waals surface area contributed by atoms with Crippen LogP contribution in [0.15, 0.2) is 66.2 Å². The molecule has 1 unspecified atom stereocenters. The van der Waals surface area contributed by atoms with Gasteiger partial charge in [-0.1, -0.05) is 42.9 Å². The van der Waals surface area contributed by atoms with Gasteiger partial charge in [0.1, 0.15) is 17.3 Å². The minimum atomic E-state index is -0.984. The highest BCUT2D eigenvalue weighted by Crippen LogP contribution is 2.46. The second-order valence-corrected chi connectivity index (χ2v) is 10.4. The fraction of sp³-hybridized carbons (Fsp3) is 0.258. The number of thiazole rings is 1. The lowest BCUT2D eigenvalue weighted by Crippen LogP contribution is -2.29. The summed E-state index contributed by atoms with van der Waals surface area (Å²) in [5.74, 6) is 0.165. The smallest absolute Gasteiger partial charge is 0.301 e. The van der Waals surface area contributed by atoms with Gasteiger partial charge in [0.25, 0.3) is 5.78 Å². The first-order valence-electron chi connectivity index (χ1n) is 13.1. The van der Waals surface area contributed by atoms with Gasteiger partial charge in [0.05, 0.1) is 49.8 Å². The summed E-state index contributed by atoms with van der Waals surface area (Å²) in [6.45, 7) is 2.60. The summed E-state index contributed by atoms with van der Waals surface area (Å²) in [5.41, 5.74) is 1.48. The summed E-state index contributed by atoms with van der Waals surface area (Å²) in [7, 11) is 4.60. The van der Waals surface area contributed by atoms with Crippen molar-refractivity contribution in [1.29, 1.82) is 0 Å². The van der Waals surface area contributed by atoms with Gasteiger partial charge < -0.3 is 24.1 Å². The van der Waals surface area contributed by atoms with Crippen LogP contribution in [0, 0.1) is 0 Å². The van der Waals surface area contributed by atoms with Crippen molar-refractivity contribution >= 4 is 44.1 Å². The van der Waals surface area contributed by atoms with Gasteiger partial charge in [-0.2, -0.15) is 0 Å². The van der Waals surface area contributed by atoms with Crippen molar-refractivity contribution in [3.8, 4) is 23.0 Å². The Morgan fingerprint density at radius 2 is 1.76 bits per heavy atom. The number of fused-ring (bicyclic) bond motifs is 1. The molecule has 1 aliphatic rings. The molecule has 2 heterocycles. The minimum Gasteiger partial charge on any atom is -0.507 e. The largest absolute Gasteiger partial charge is 0.507 e. The van der Waals surface area contributed by atoms with Crippen LogP contribution in [0.2, 0.25) is 0 Å². The van der Waals surface area contributed by atoms with Crippen molar-refractivity contribution in [1.82, 2.24) is 4.98 Å². The zero-order valence-electron chi connectivity index (χ0n) is 23.2. The highest BCUT2D eigenvalue weighted by atomic mass is 32.1. The van der Waals surface area contributed by atoms with E-state index < -0.39 is 17.7 Å². The zero-order chi connectivity index (χ0) is 29.1. The Morgan fingerprint density at radius 1 is 0.951 bits per heavy atom. The Bertz CT molecular complexity index is 1640. The first-order valence-corrected chi connectivity index (χ1v) is 13.9. The number of hydrogen-bond acceptors (Lipinski definition) is 9. The number of unbranched alkanes of at least 4 members (excludes halogenated alkanes) is 1. The number of methoxy groups -OCH3 is 3. The van der Waals surface area contributed by atoms with E-state index in [1.54, 1.807) is 61.7 Å². The highest BCUT2D eigenvalue weighted by molar-refractivity contribution is 7.22. The maximum absolute atomic E-state index is 13.6. The second-order valence-electron chi connectivity index (χ2n) is 9.34. The number of anilines is 1. The monoisotopic (exact) mass is 574 g/mol. The molecule has 0 spiro atoms. The summed E-state index contributed by atoms with van der Waals surface area (Å²) in [5, 5.41) is 11.9. The molecular weight excluding hydrogens is 544 g/mol. The predicted molar refractivity (Wildman–Crippen MR) is 157 cm³/mol. The molecule has 1 aliphatic heterocycles. The number of benzene rings is 3. The number of rotatable bonds is 10. The van der Waals surface area contributed by atoms with Crippen molar-refractivity contribution in [2.24, 2.45) is 0 Å². The standard InChI is InChI=1S/C31H30N2O7S/c1-5-6-14-40-21-9-7-8-19(15-21)28(34)26-27(18-10-13-23(38-3)24(16-18)39-4)33(30(36)29(26)35)31-32-22-12-11-20(37-2)17-25(22)41-31/h7-13,15-17,27,34H,5-6,14H2,1-4H3/b28-26+. The van der Waals surface area contributed by atoms with Crippen molar-refractivity contribution < 1.29 is 33.6 Å². The molecule has 1 N–H and O–H groups in total. The van der Waals surface area contributed by atoms with Gasteiger partial charge in [-0.3, -0.25) is 14.5 Å². The number of nitrogens with zero attached hydrogens (tertiary/aromatic N) is 2. The Morgan fingerprint density at radius 3 is 2.49 bits per heavy atom. The molecule has 0 bridgehead atoms. The lowest BCUT2D eigenvalue weighted by Gasteiger charge is -2.23. The predicted octanol–water partition coefficient (Wildman–Crippen LogP) is 6.13. The summed E-state index contributed by atoms with van der Waals surface area (Å²) >= 11 is 1.25. The molecule has 0 aliphatic carbocycles. The third-order valence-corrected chi connectivity index (χ3v) is 7.85. The van der Waals surface area contributed by atoms with Crippen molar-refractivity contribution in [3.05, 3.63) is 77.4 Å². The molecule has 1 atom stereocenters. The fourth-order valence-electron chi connectivity index (χ4n) is 4.71. The molecule has 41 heavy (non-hydrogen) atoms. The van der Waals surface area contributed by atoms with Crippen molar-refractivity contribution in [3.63, 3.8) is 0 Å². The third kappa shape index (κ3) is 5.30. The van der Waals surface area contributed by atoms with Gasteiger partial charge in [0, 0.05) is 5.56 Å². The first-order chi connectivity index (χ1) is 19.9. The van der Waals surface area contributed by atoms with Crippen LogP contribution < -0.4 is 23.8 Å². The summed E-state index contributed by atoms with van der Waals surface area (Å²) in [6, 6.07) is 16.4. The lowest BCUT2D eigenvalue weighted by molar-refractivity contribution is -0.132. The average molecular weight is 575 g/mol. The van der Waals surface area contributed by atoms with Crippen LogP contribution in [0.4, 0.5) is 5.13 Å². The summed E-state index contributed by atoms with van der Waals surface area (Å²) in [4.78, 5) is 33.3. The molecule has 5 rings (SSSR count). The molecule has 212 valence electrons. The molecule has 0 saturated carbocycles. The van der Waals surface area contributed by atoms with E-state index >= 15 is 0 Å². The van der Waals surface area contributed by atoms with E-state index in [4.69, 9.17) is 18.9 Å². The number of aliphatic hydroxyl groups excluding tert-OH is 1. The lowest BCUT2D eigenvalue weighted by atomic mass is 9.95. The number of ether oxygens (including phenoxy) is 4. The Hall–Kier alpha value is -4.57. The highest BCUT2D eigenvalue weighted by Gasteiger charge is 2.48. The Kier molecular flexibility index (Phi) is 8.11. The Balaban J connectivity index is 1.68. The van der Waals surface area contributed by atoms with Gasteiger partial charge in [0.2, 0.25) is 0 Å². The molecule has 9 nitrogen and oxygen atoms in total. The van der Waals surface area contributed by atoms with E-state index in [2.05, 4.69) is 11.9 Å². The number of aliphatic hydroxyl groups is 1. The van der Waals surface area contributed by atoms with Crippen LogP contribution in [0.3, 0.4) is 0 Å². The van der Waals surface area contributed by atoms with Gasteiger partial charge >= 0.3 is 5.91 Å². The van der Waals surface area contributed by atoms with E-state index in [0.29, 0.717) is 51.4 Å². The van der Waals surface area contributed by atoms with E-state index in [0.717, 1.165) is 17.5 Å². The molecule has 10 heteroatoms. The molecule has 1 fully saturated rings. The molecular formula is C31H30N2O7S. The number of ketones is 1. The van der Waals surface area contributed by atoms with Crippen LogP contribution in [0.1, 0.15) is 36.9 Å². The number of aromatic nitrogens is 1. The van der Waals surface area contributed by atoms with Crippen LogP contribution >= 0.6 is 11.3 Å². The molecule has 1 saturated heterocycles. The quantitative estimate of drug-likeness (QED) is 0.104. The van der Waals surface area contributed by atoms with Crippen LogP contribution in [-0.2, 0) is 9.59 Å². The SMILES string of the molecule is CCCCOc1cccc(/C(O)=C2\C(=O)C(=O)N(c3nc4ccc(OC)cc4s3)C2c2ccc(OC)c(OC)c2)c1. The summed E-state index contributed by atoms with van der Waals surface area (Å²) < 4.78 is 22.8. The number of Topliss-reactive ketones (excluding diaryl/α,β-unsaturated/α-hetero) is 1. The van der Waals surface area contributed by atoms with Gasteiger partial charge in [-0.05, 0) is 54.4 Å². The maximum atomic E-state index is 13.6. The Labute approximate surface area is 241 Å². The van der Waals surface area contributed by atoms with E-state index in [9.17, 15) is 14.7 Å². The molecule has 1 aromatic heterocycles.